The number of para-hydroxylation sites is 4. The molecule has 0 atom stereocenters. The molecule has 2 heterocycles. The van der Waals surface area contributed by atoms with Crippen LogP contribution >= 0.6 is 0 Å². The van der Waals surface area contributed by atoms with E-state index in [1.54, 1.807) is 11.1 Å². The van der Waals surface area contributed by atoms with Gasteiger partial charge in [-0.1, -0.05) is 111 Å². The molecule has 0 N–H and O–H groups in total. The van der Waals surface area contributed by atoms with Gasteiger partial charge in [0.15, 0.2) is 23.0 Å². The van der Waals surface area contributed by atoms with Crippen LogP contribution in [0.1, 0.15) is 79.9 Å². The molecule has 1 aliphatic carbocycles. The molecule has 3 aromatic rings. The molecule has 40 heavy (non-hydrogen) atoms. The lowest BCUT2D eigenvalue weighted by Gasteiger charge is -2.17. The summed E-state index contributed by atoms with van der Waals surface area (Å²) in [6.45, 7) is 21.2. The van der Waals surface area contributed by atoms with Gasteiger partial charge in [0.25, 0.3) is 0 Å². The van der Waals surface area contributed by atoms with Crippen molar-refractivity contribution in [3.05, 3.63) is 83.9 Å². The van der Waals surface area contributed by atoms with Crippen LogP contribution in [0.15, 0.2) is 72.8 Å². The third-order valence-electron chi connectivity index (χ3n) is 4.74. The van der Waals surface area contributed by atoms with Gasteiger partial charge in [0.05, 0.1) is 0 Å². The van der Waals surface area contributed by atoms with Crippen molar-refractivity contribution in [1.82, 2.24) is 0 Å². The van der Waals surface area contributed by atoms with Crippen molar-refractivity contribution in [3.8, 4) is 23.0 Å². The molecule has 0 radical (unpaired) electrons. The van der Waals surface area contributed by atoms with Gasteiger partial charge < -0.3 is 18.9 Å². The lowest BCUT2D eigenvalue weighted by molar-refractivity contribution is 0.171. The van der Waals surface area contributed by atoms with Gasteiger partial charge in [-0.25, -0.2) is 0 Å². The van der Waals surface area contributed by atoms with Crippen LogP contribution in [0.4, 0.5) is 0 Å². The summed E-state index contributed by atoms with van der Waals surface area (Å²) in [5, 5.41) is 0. The Kier molecular flexibility index (Phi) is 18.1. The molecule has 2 aliphatic heterocycles. The summed E-state index contributed by atoms with van der Waals surface area (Å²) in [5.41, 5.74) is 3.13. The van der Waals surface area contributed by atoms with Crippen molar-refractivity contribution in [1.29, 1.82) is 0 Å². The highest BCUT2D eigenvalue weighted by atomic mass is 16.7. The fourth-order valence-electron chi connectivity index (χ4n) is 3.35. The van der Waals surface area contributed by atoms with Gasteiger partial charge in [-0.2, -0.15) is 0 Å². The maximum atomic E-state index is 5.30. The first-order chi connectivity index (χ1) is 19.1. The fraction of sp³-hybridized carbons (Fsp3) is 0.500. The summed E-state index contributed by atoms with van der Waals surface area (Å²) in [6, 6.07) is 24.1. The first-order valence-corrected chi connectivity index (χ1v) is 14.9. The van der Waals surface area contributed by atoms with Crippen LogP contribution in [0, 0.1) is 17.8 Å². The van der Waals surface area contributed by atoms with Crippen molar-refractivity contribution < 1.29 is 18.9 Å². The Morgan fingerprint density at radius 2 is 0.700 bits per heavy atom. The molecule has 0 fully saturated rings. The normalized spacial score (nSPS) is 13.0. The largest absolute Gasteiger partial charge is 0.486 e. The highest BCUT2D eigenvalue weighted by Gasteiger charge is 2.10. The third kappa shape index (κ3) is 16.7. The Bertz CT molecular complexity index is 899. The monoisotopic (exact) mass is 550 g/mol. The van der Waals surface area contributed by atoms with Gasteiger partial charge in [0.2, 0.25) is 6.79 Å². The predicted octanol–water partition coefficient (Wildman–Crippen LogP) is 10.0. The molecule has 0 aromatic heterocycles. The number of rotatable bonds is 0. The molecule has 6 rings (SSSR count). The molecular formula is C36H54O4. The highest BCUT2D eigenvalue weighted by molar-refractivity contribution is 5.41. The first kappa shape index (κ1) is 34.9. The number of hydrogen-bond acceptors (Lipinski definition) is 4. The van der Waals surface area contributed by atoms with Crippen LogP contribution in [0.2, 0.25) is 0 Å². The van der Waals surface area contributed by atoms with E-state index in [1.165, 1.54) is 19.3 Å². The van der Waals surface area contributed by atoms with E-state index in [4.69, 9.17) is 18.9 Å². The molecule has 0 bridgehead atoms. The van der Waals surface area contributed by atoms with Crippen LogP contribution in [0.5, 0.6) is 23.0 Å². The van der Waals surface area contributed by atoms with E-state index in [0.29, 0.717) is 20.0 Å². The lowest BCUT2D eigenvalue weighted by atomic mass is 10.1. The molecular weight excluding hydrogens is 496 g/mol. The van der Waals surface area contributed by atoms with Gasteiger partial charge in [-0.05, 0) is 72.4 Å². The average Bonchev–Trinajstić information content (AvgIpc) is 3.58. The second-order valence-corrected chi connectivity index (χ2v) is 11.8. The van der Waals surface area contributed by atoms with Crippen molar-refractivity contribution in [3.63, 3.8) is 0 Å². The van der Waals surface area contributed by atoms with Crippen LogP contribution in [-0.2, 0) is 12.8 Å². The minimum absolute atomic E-state index is 0.360. The van der Waals surface area contributed by atoms with Gasteiger partial charge in [-0.15, -0.1) is 0 Å². The van der Waals surface area contributed by atoms with Crippen molar-refractivity contribution in [2.75, 3.05) is 20.0 Å². The van der Waals surface area contributed by atoms with E-state index in [9.17, 15) is 0 Å². The number of fused-ring (bicyclic) bond motifs is 3. The molecule has 0 unspecified atom stereocenters. The first-order valence-electron chi connectivity index (χ1n) is 14.9. The molecule has 4 heteroatoms. The summed E-state index contributed by atoms with van der Waals surface area (Å²) >= 11 is 0. The molecule has 3 aliphatic rings. The summed E-state index contributed by atoms with van der Waals surface area (Å²) in [5.74, 6) is 5.90. The maximum absolute atomic E-state index is 5.30. The minimum atomic E-state index is 0.360. The number of aryl methyl sites for hydroxylation is 2. The molecule has 0 amide bonds. The second-order valence-electron chi connectivity index (χ2n) is 11.8. The summed E-state index contributed by atoms with van der Waals surface area (Å²) in [6.07, 6.45) is 3.96. The lowest BCUT2D eigenvalue weighted by Crippen LogP contribution is -2.14. The quantitative estimate of drug-likeness (QED) is 0.279. The zero-order valence-corrected chi connectivity index (χ0v) is 26.5. The Morgan fingerprint density at radius 1 is 0.425 bits per heavy atom. The van der Waals surface area contributed by atoms with Gasteiger partial charge in [-0.3, -0.25) is 0 Å². The predicted molar refractivity (Wildman–Crippen MR) is 170 cm³/mol. The molecule has 0 spiro atoms. The van der Waals surface area contributed by atoms with Crippen LogP contribution in [0.3, 0.4) is 0 Å². The van der Waals surface area contributed by atoms with E-state index in [2.05, 4.69) is 86.6 Å². The van der Waals surface area contributed by atoms with Crippen LogP contribution in [0.25, 0.3) is 0 Å². The van der Waals surface area contributed by atoms with Crippen molar-refractivity contribution in [2.24, 2.45) is 17.8 Å². The van der Waals surface area contributed by atoms with Gasteiger partial charge >= 0.3 is 0 Å². The van der Waals surface area contributed by atoms with Crippen LogP contribution in [-0.4, -0.2) is 20.0 Å². The van der Waals surface area contributed by atoms with E-state index < -0.39 is 0 Å². The SMILES string of the molecule is CC(C)C.CC(C)C.CC(C)C.c1ccc2c(c1)CCC2.c1ccc2c(c1)OCCO2.c1ccc2c(c1)OCO2. The van der Waals surface area contributed by atoms with E-state index >= 15 is 0 Å². The van der Waals surface area contributed by atoms with E-state index in [0.717, 1.165) is 40.8 Å². The Labute approximate surface area is 245 Å². The number of benzene rings is 3. The Morgan fingerprint density at radius 3 is 1.02 bits per heavy atom. The van der Waals surface area contributed by atoms with Crippen molar-refractivity contribution in [2.45, 2.75) is 81.6 Å². The van der Waals surface area contributed by atoms with E-state index in [-0.39, 0.29) is 0 Å². The van der Waals surface area contributed by atoms with Crippen LogP contribution < -0.4 is 18.9 Å². The highest BCUT2D eigenvalue weighted by Crippen LogP contribution is 2.30. The summed E-state index contributed by atoms with van der Waals surface area (Å²) in [4.78, 5) is 0. The average molecular weight is 551 g/mol. The zero-order valence-electron chi connectivity index (χ0n) is 26.5. The zero-order chi connectivity index (χ0) is 29.8. The second kappa shape index (κ2) is 20.7. The summed E-state index contributed by atoms with van der Waals surface area (Å²) in [7, 11) is 0. The molecule has 0 saturated heterocycles. The smallest absolute Gasteiger partial charge is 0.231 e. The van der Waals surface area contributed by atoms with Gasteiger partial charge in [0, 0.05) is 0 Å². The molecule has 3 aromatic carbocycles. The fourth-order valence-corrected chi connectivity index (χ4v) is 3.35. The molecule has 222 valence electrons. The Hall–Kier alpha value is -3.14. The third-order valence-corrected chi connectivity index (χ3v) is 4.74. The minimum Gasteiger partial charge on any atom is -0.486 e. The summed E-state index contributed by atoms with van der Waals surface area (Å²) < 4.78 is 20.7. The van der Waals surface area contributed by atoms with Crippen molar-refractivity contribution >= 4 is 0 Å². The standard InChI is InChI=1S/C9H10.C8H8O2.C7H6O2.3C4H10/c1-2-5-9-7-3-6-8(9)4-1;1-2-4-8-7(3-1)9-5-6-10-8;1-2-4-7-6(3-1)8-5-9-7;3*1-4(2)3/h1-2,4-5H,3,6-7H2;1-4H,5-6H2;1-4H,5H2;3*4H,1-3H3. The number of hydrogen-bond donors (Lipinski definition) is 0. The number of ether oxygens (including phenoxy) is 4. The molecule has 0 saturated carbocycles. The Balaban J connectivity index is 0.000000252. The maximum Gasteiger partial charge on any atom is 0.231 e. The van der Waals surface area contributed by atoms with E-state index in [1.807, 2.05) is 48.5 Å². The molecule has 4 nitrogen and oxygen atoms in total. The van der Waals surface area contributed by atoms with Gasteiger partial charge in [0.1, 0.15) is 13.2 Å². The topological polar surface area (TPSA) is 36.9 Å².